The molecule has 0 atom stereocenters. The maximum Gasteiger partial charge on any atom is 0.223 e. The Hall–Kier alpha value is -2.81. The van der Waals surface area contributed by atoms with Crippen molar-refractivity contribution in [2.45, 2.75) is 13.8 Å². The number of tetrazole rings is 1. The zero-order valence-electron chi connectivity index (χ0n) is 10.6. The van der Waals surface area contributed by atoms with Gasteiger partial charge in [-0.1, -0.05) is 18.2 Å². The first-order valence-corrected chi connectivity index (χ1v) is 5.75. The summed E-state index contributed by atoms with van der Waals surface area (Å²) in [6.07, 6.45) is 3.47. The molecule has 0 saturated carbocycles. The minimum Gasteiger partial charge on any atom is -0.258 e. The van der Waals surface area contributed by atoms with Gasteiger partial charge in [0.05, 0.1) is 5.56 Å². The summed E-state index contributed by atoms with van der Waals surface area (Å²) < 4.78 is 0. The van der Waals surface area contributed by atoms with Crippen LogP contribution >= 0.6 is 0 Å². The summed E-state index contributed by atoms with van der Waals surface area (Å²) in [5.41, 5.74) is 1.73. The van der Waals surface area contributed by atoms with Crippen molar-refractivity contribution in [2.75, 3.05) is 0 Å². The molecule has 0 amide bonds. The molecule has 0 aliphatic heterocycles. The first kappa shape index (κ1) is 12.6. The van der Waals surface area contributed by atoms with Gasteiger partial charge in [-0.2, -0.15) is 5.26 Å². The van der Waals surface area contributed by atoms with Gasteiger partial charge in [-0.25, -0.2) is 0 Å². The molecule has 0 radical (unpaired) electrons. The van der Waals surface area contributed by atoms with Gasteiger partial charge >= 0.3 is 0 Å². The number of aromatic nitrogens is 4. The fourth-order valence-electron chi connectivity index (χ4n) is 1.56. The van der Waals surface area contributed by atoms with Crippen molar-refractivity contribution in [2.24, 2.45) is 4.99 Å². The van der Waals surface area contributed by atoms with Crippen LogP contribution in [0.1, 0.15) is 25.2 Å². The number of para-hydroxylation sites is 1. The zero-order valence-corrected chi connectivity index (χ0v) is 10.6. The number of nitriles is 1. The van der Waals surface area contributed by atoms with Crippen LogP contribution in [0.15, 0.2) is 35.3 Å². The van der Waals surface area contributed by atoms with Gasteiger partial charge in [-0.15, -0.1) is 15.0 Å². The molecule has 0 aliphatic rings. The third kappa shape index (κ3) is 2.55. The van der Waals surface area contributed by atoms with Crippen molar-refractivity contribution in [1.82, 2.24) is 20.2 Å². The van der Waals surface area contributed by atoms with Gasteiger partial charge in [0.15, 0.2) is 0 Å². The molecule has 94 valence electrons. The lowest BCUT2D eigenvalue weighted by molar-refractivity contribution is 0.718. The second-order valence-electron chi connectivity index (χ2n) is 3.59. The lowest BCUT2D eigenvalue weighted by Crippen LogP contribution is -2.01. The fraction of sp³-hybridized carbons (Fsp3) is 0.154. The van der Waals surface area contributed by atoms with E-state index in [1.54, 1.807) is 30.5 Å². The summed E-state index contributed by atoms with van der Waals surface area (Å²) in [5.74, 6) is 0.424. The molecule has 19 heavy (non-hydrogen) atoms. The molecule has 1 aromatic heterocycles. The lowest BCUT2D eigenvalue weighted by Gasteiger charge is -1.99. The average molecular weight is 252 g/mol. The number of allylic oxidation sites excluding steroid dienone is 1. The highest BCUT2D eigenvalue weighted by Crippen LogP contribution is 2.13. The van der Waals surface area contributed by atoms with Crippen molar-refractivity contribution in [3.05, 3.63) is 41.7 Å². The van der Waals surface area contributed by atoms with E-state index in [1.807, 2.05) is 19.9 Å². The van der Waals surface area contributed by atoms with Gasteiger partial charge in [-0.3, -0.25) is 4.99 Å². The Kier molecular flexibility index (Phi) is 3.78. The summed E-state index contributed by atoms with van der Waals surface area (Å²) in [6.45, 7) is 3.67. The molecule has 0 saturated heterocycles. The standard InChI is InChI=1S/C13H12N6/c1-3-11(15-4-2)13-16-18-19(17-13)12-8-6-5-7-10(12)9-14/h3-8H,1-2H3/b11-3-,15-4?. The van der Waals surface area contributed by atoms with Crippen LogP contribution in [0.5, 0.6) is 0 Å². The maximum absolute atomic E-state index is 9.05. The van der Waals surface area contributed by atoms with Crippen LogP contribution in [0.25, 0.3) is 11.4 Å². The number of nitrogens with zero attached hydrogens (tertiary/aromatic N) is 6. The van der Waals surface area contributed by atoms with Crippen molar-refractivity contribution in [1.29, 1.82) is 5.26 Å². The molecule has 0 spiro atoms. The van der Waals surface area contributed by atoms with Crippen LogP contribution in [0.3, 0.4) is 0 Å². The SMILES string of the molecule is CC=N/C(=C\C)c1nnn(-c2ccccc2C#N)n1. The van der Waals surface area contributed by atoms with Crippen LogP contribution in [0, 0.1) is 11.3 Å². The van der Waals surface area contributed by atoms with Crippen molar-refractivity contribution in [3.63, 3.8) is 0 Å². The van der Waals surface area contributed by atoms with E-state index in [-0.39, 0.29) is 0 Å². The van der Waals surface area contributed by atoms with Gasteiger partial charge in [0.2, 0.25) is 5.82 Å². The topological polar surface area (TPSA) is 79.8 Å². The molecule has 1 aromatic carbocycles. The normalized spacial score (nSPS) is 11.7. The summed E-state index contributed by atoms with van der Waals surface area (Å²) in [6, 6.07) is 9.18. The monoisotopic (exact) mass is 252 g/mol. The van der Waals surface area contributed by atoms with Crippen LogP contribution < -0.4 is 0 Å². The Morgan fingerprint density at radius 3 is 2.84 bits per heavy atom. The third-order valence-electron chi connectivity index (χ3n) is 2.42. The van der Waals surface area contributed by atoms with Gasteiger partial charge < -0.3 is 0 Å². The predicted octanol–water partition coefficient (Wildman–Crippen LogP) is 1.99. The summed E-state index contributed by atoms with van der Waals surface area (Å²) >= 11 is 0. The molecule has 0 aliphatic carbocycles. The first-order valence-electron chi connectivity index (χ1n) is 5.75. The second kappa shape index (κ2) is 5.69. The Morgan fingerprint density at radius 2 is 2.16 bits per heavy atom. The van der Waals surface area contributed by atoms with E-state index >= 15 is 0 Å². The van der Waals surface area contributed by atoms with Gasteiger partial charge in [0, 0.05) is 6.21 Å². The molecule has 6 heteroatoms. The Balaban J connectivity index is 2.45. The van der Waals surface area contributed by atoms with Crippen molar-refractivity contribution < 1.29 is 0 Å². The van der Waals surface area contributed by atoms with Crippen LogP contribution in [-0.2, 0) is 0 Å². The quantitative estimate of drug-likeness (QED) is 0.782. The second-order valence-corrected chi connectivity index (χ2v) is 3.59. The summed E-state index contributed by atoms with van der Waals surface area (Å²) in [7, 11) is 0. The van der Waals surface area contributed by atoms with Gasteiger partial charge in [0.1, 0.15) is 17.5 Å². The van der Waals surface area contributed by atoms with Gasteiger partial charge in [0.25, 0.3) is 0 Å². The molecular formula is C13H12N6. The molecule has 0 N–H and O–H groups in total. The molecule has 0 bridgehead atoms. The number of hydrogen-bond donors (Lipinski definition) is 0. The molecule has 1 heterocycles. The van der Waals surface area contributed by atoms with E-state index in [2.05, 4.69) is 26.5 Å². The van der Waals surface area contributed by atoms with Crippen LogP contribution in [0.4, 0.5) is 0 Å². The smallest absolute Gasteiger partial charge is 0.223 e. The van der Waals surface area contributed by atoms with E-state index < -0.39 is 0 Å². The minimum atomic E-state index is 0.424. The van der Waals surface area contributed by atoms with E-state index in [0.717, 1.165) is 0 Å². The summed E-state index contributed by atoms with van der Waals surface area (Å²) in [5, 5.41) is 21.2. The van der Waals surface area contributed by atoms with E-state index in [4.69, 9.17) is 5.26 Å². The lowest BCUT2D eigenvalue weighted by atomic mass is 10.2. The predicted molar refractivity (Wildman–Crippen MR) is 71.7 cm³/mol. The molecule has 0 fully saturated rings. The highest BCUT2D eigenvalue weighted by molar-refractivity contribution is 5.69. The average Bonchev–Trinajstić information content (AvgIpc) is 2.94. The molecule has 0 unspecified atom stereocenters. The molecule has 2 aromatic rings. The van der Waals surface area contributed by atoms with E-state index in [1.165, 1.54) is 4.80 Å². The van der Waals surface area contributed by atoms with Crippen molar-refractivity contribution >= 4 is 11.9 Å². The van der Waals surface area contributed by atoms with Gasteiger partial charge in [-0.05, 0) is 31.2 Å². The Bertz CT molecular complexity index is 674. The highest BCUT2D eigenvalue weighted by atomic mass is 15.6. The minimum absolute atomic E-state index is 0.424. The van der Waals surface area contributed by atoms with E-state index in [0.29, 0.717) is 22.8 Å². The van der Waals surface area contributed by atoms with E-state index in [9.17, 15) is 0 Å². The van der Waals surface area contributed by atoms with Crippen LogP contribution in [0.2, 0.25) is 0 Å². The first-order chi connectivity index (χ1) is 9.30. The van der Waals surface area contributed by atoms with Crippen molar-refractivity contribution in [3.8, 4) is 11.8 Å². The third-order valence-corrected chi connectivity index (χ3v) is 2.42. The Labute approximate surface area is 110 Å². The van der Waals surface area contributed by atoms with Crippen LogP contribution in [-0.4, -0.2) is 26.4 Å². The number of hydrogen-bond acceptors (Lipinski definition) is 5. The molecule has 6 nitrogen and oxygen atoms in total. The molecular weight excluding hydrogens is 240 g/mol. The number of benzene rings is 1. The Morgan fingerprint density at radius 1 is 1.37 bits per heavy atom. The maximum atomic E-state index is 9.05. The zero-order chi connectivity index (χ0) is 13.7. The summed E-state index contributed by atoms with van der Waals surface area (Å²) in [4.78, 5) is 5.49. The molecule has 2 rings (SSSR count). The fourth-order valence-corrected chi connectivity index (χ4v) is 1.56. The largest absolute Gasteiger partial charge is 0.258 e. The number of rotatable bonds is 3. The number of aliphatic imine (C=N–C) groups is 1. The highest BCUT2D eigenvalue weighted by Gasteiger charge is 2.10.